The quantitative estimate of drug-likeness (QED) is 0.165. The topological polar surface area (TPSA) is 59.1 Å². The highest BCUT2D eigenvalue weighted by molar-refractivity contribution is 6.23. The van der Waals surface area contributed by atoms with Gasteiger partial charge < -0.3 is 13.6 Å². The summed E-state index contributed by atoms with van der Waals surface area (Å²) in [5.74, 6) is 0. The molecule has 57 heavy (non-hydrogen) atoms. The average Bonchev–Trinajstić information content (AvgIpc) is 3.95. The van der Waals surface area contributed by atoms with E-state index in [1.54, 1.807) is 0 Å². The molecule has 1 aliphatic heterocycles. The molecule has 11 aromatic rings. The van der Waals surface area contributed by atoms with Gasteiger partial charge in [0.05, 0.1) is 34.4 Å². The fourth-order valence-corrected chi connectivity index (χ4v) is 9.43. The molecule has 272 valence electrons. The van der Waals surface area contributed by atoms with Crippen molar-refractivity contribution in [2.75, 3.05) is 0 Å². The van der Waals surface area contributed by atoms with E-state index >= 15 is 0 Å². The summed E-state index contributed by atoms with van der Waals surface area (Å²) in [4.78, 5) is 0. The van der Waals surface area contributed by atoms with Gasteiger partial charge in [0.2, 0.25) is 0 Å². The third kappa shape index (κ3) is 4.95. The van der Waals surface area contributed by atoms with Gasteiger partial charge in [-0.15, -0.1) is 0 Å². The minimum Gasteiger partial charge on any atom is -0.456 e. The highest BCUT2D eigenvalue weighted by atomic mass is 16.3. The Hall–Kier alpha value is -6.96. The molecule has 0 bridgehead atoms. The molecule has 0 spiro atoms. The minimum absolute atomic E-state index is 0.181. The monoisotopic (exact) mass is 735 g/mol. The summed E-state index contributed by atoms with van der Waals surface area (Å²) < 4.78 is 11.6. The molecule has 8 aromatic carbocycles. The Morgan fingerprint density at radius 3 is 1.79 bits per heavy atom. The largest absolute Gasteiger partial charge is 0.456 e. The Bertz CT molecular complexity index is 3290. The number of furan rings is 1. The fraction of sp³-hybridized carbons (Fsp3) is 0.0588. The lowest BCUT2D eigenvalue weighted by Crippen LogP contribution is -2.56. The van der Waals surface area contributed by atoms with Gasteiger partial charge >= 0.3 is 0 Å². The number of nitrogens with zero attached hydrogens (tertiary/aromatic N) is 2. The van der Waals surface area contributed by atoms with E-state index in [2.05, 4.69) is 213 Å². The molecule has 3 atom stereocenters. The first kappa shape index (κ1) is 32.3. The van der Waals surface area contributed by atoms with Crippen molar-refractivity contribution in [1.82, 2.24) is 25.1 Å². The molecule has 3 unspecified atom stereocenters. The molecule has 0 amide bonds. The minimum atomic E-state index is -0.321. The van der Waals surface area contributed by atoms with Gasteiger partial charge in [-0.3, -0.25) is 16.0 Å². The summed E-state index contributed by atoms with van der Waals surface area (Å²) in [6.45, 7) is 0. The zero-order valence-corrected chi connectivity index (χ0v) is 30.9. The molecule has 1 aliphatic rings. The van der Waals surface area contributed by atoms with Crippen molar-refractivity contribution in [2.45, 2.75) is 18.6 Å². The van der Waals surface area contributed by atoms with Crippen LogP contribution in [0.15, 0.2) is 192 Å². The first-order valence-electron chi connectivity index (χ1n) is 19.6. The van der Waals surface area contributed by atoms with Gasteiger partial charge in [0.25, 0.3) is 0 Å². The van der Waals surface area contributed by atoms with Gasteiger partial charge in [-0.05, 0) is 58.7 Å². The molecule has 0 radical (unpaired) electrons. The highest BCUT2D eigenvalue weighted by Crippen LogP contribution is 2.44. The van der Waals surface area contributed by atoms with Crippen molar-refractivity contribution in [3.8, 4) is 16.8 Å². The zero-order chi connectivity index (χ0) is 37.5. The van der Waals surface area contributed by atoms with Crippen LogP contribution in [0.1, 0.15) is 29.7 Å². The molecule has 6 nitrogen and oxygen atoms in total. The second-order valence-electron chi connectivity index (χ2n) is 15.0. The molecule has 6 heteroatoms. The van der Waals surface area contributed by atoms with Crippen molar-refractivity contribution in [1.29, 1.82) is 0 Å². The predicted octanol–water partition coefficient (Wildman–Crippen LogP) is 12.1. The maximum Gasteiger partial charge on any atom is 0.142 e. The van der Waals surface area contributed by atoms with Crippen molar-refractivity contribution in [3.63, 3.8) is 0 Å². The Labute approximate surface area is 328 Å². The standard InChI is InChI=1S/C51H37N5O/c1-4-16-32(17-5-1)35-24-14-28-43-45(35)46-40(25-15-29-44(46)57-43)50-52-49(33-18-6-2-7-19-33)53-51(54-50)56-42-27-13-11-23-37(42)39-31-30-38-36-22-10-12-26-41(36)55(47(38)48(39)56)34-20-8-3-9-21-34/h1-31,49-54H. The van der Waals surface area contributed by atoms with E-state index < -0.39 is 0 Å². The molecule has 1 fully saturated rings. The van der Waals surface area contributed by atoms with Crippen LogP contribution < -0.4 is 16.0 Å². The lowest BCUT2D eigenvalue weighted by atomic mass is 9.96. The third-order valence-corrected chi connectivity index (χ3v) is 11.8. The lowest BCUT2D eigenvalue weighted by molar-refractivity contribution is 0.162. The summed E-state index contributed by atoms with van der Waals surface area (Å²) in [7, 11) is 0. The number of rotatable bonds is 5. The van der Waals surface area contributed by atoms with E-state index in [1.807, 2.05) is 0 Å². The van der Waals surface area contributed by atoms with Crippen LogP contribution in [0, 0.1) is 0 Å². The van der Waals surface area contributed by atoms with Crippen molar-refractivity contribution in [2.24, 2.45) is 0 Å². The highest BCUT2D eigenvalue weighted by Gasteiger charge is 2.34. The van der Waals surface area contributed by atoms with Gasteiger partial charge in [0, 0.05) is 38.0 Å². The molecule has 0 aliphatic carbocycles. The Balaban J connectivity index is 1.13. The molecule has 0 saturated carbocycles. The third-order valence-electron chi connectivity index (χ3n) is 11.8. The number of aromatic nitrogens is 2. The maximum atomic E-state index is 6.63. The summed E-state index contributed by atoms with van der Waals surface area (Å²) >= 11 is 0. The second kappa shape index (κ2) is 12.8. The maximum absolute atomic E-state index is 6.63. The van der Waals surface area contributed by atoms with Crippen LogP contribution in [0.4, 0.5) is 0 Å². The van der Waals surface area contributed by atoms with Crippen LogP contribution >= 0.6 is 0 Å². The van der Waals surface area contributed by atoms with E-state index in [0.717, 1.165) is 55.4 Å². The number of hydrogen-bond donors (Lipinski definition) is 3. The molecule has 12 rings (SSSR count). The van der Waals surface area contributed by atoms with Crippen LogP contribution in [0.25, 0.3) is 82.4 Å². The van der Waals surface area contributed by atoms with Gasteiger partial charge in [-0.25, -0.2) is 0 Å². The average molecular weight is 736 g/mol. The summed E-state index contributed by atoms with van der Waals surface area (Å²) in [6.07, 6.45) is -0.760. The summed E-state index contributed by atoms with van der Waals surface area (Å²) in [5.41, 5.74) is 12.2. The van der Waals surface area contributed by atoms with Crippen molar-refractivity contribution in [3.05, 3.63) is 199 Å². The van der Waals surface area contributed by atoms with Gasteiger partial charge in [0.15, 0.2) is 0 Å². The van der Waals surface area contributed by atoms with Crippen molar-refractivity contribution >= 4 is 65.6 Å². The van der Waals surface area contributed by atoms with Gasteiger partial charge in [-0.2, -0.15) is 0 Å². The van der Waals surface area contributed by atoms with Crippen LogP contribution in [-0.4, -0.2) is 9.13 Å². The Morgan fingerprint density at radius 2 is 1.02 bits per heavy atom. The van der Waals surface area contributed by atoms with E-state index in [0.29, 0.717) is 0 Å². The molecule has 1 saturated heterocycles. The normalized spacial score (nSPS) is 17.4. The van der Waals surface area contributed by atoms with Gasteiger partial charge in [0.1, 0.15) is 17.5 Å². The number of para-hydroxylation sites is 3. The van der Waals surface area contributed by atoms with E-state index in [1.165, 1.54) is 38.1 Å². The fourth-order valence-electron chi connectivity index (χ4n) is 9.43. The summed E-state index contributed by atoms with van der Waals surface area (Å²) in [6, 6.07) is 67.1. The van der Waals surface area contributed by atoms with E-state index in [9.17, 15) is 0 Å². The van der Waals surface area contributed by atoms with Crippen LogP contribution in [0.3, 0.4) is 0 Å². The number of benzene rings is 8. The molecule has 4 heterocycles. The van der Waals surface area contributed by atoms with Gasteiger partial charge in [-0.1, -0.05) is 152 Å². The predicted molar refractivity (Wildman–Crippen MR) is 233 cm³/mol. The second-order valence-corrected chi connectivity index (χ2v) is 15.0. The first-order valence-corrected chi connectivity index (χ1v) is 19.6. The van der Waals surface area contributed by atoms with Crippen LogP contribution in [0.2, 0.25) is 0 Å². The first-order chi connectivity index (χ1) is 28.3. The lowest BCUT2D eigenvalue weighted by Gasteiger charge is -2.40. The van der Waals surface area contributed by atoms with E-state index in [-0.39, 0.29) is 18.6 Å². The molecular weight excluding hydrogens is 699 g/mol. The van der Waals surface area contributed by atoms with Crippen molar-refractivity contribution < 1.29 is 4.42 Å². The smallest absolute Gasteiger partial charge is 0.142 e. The Kier molecular flexibility index (Phi) is 7.25. The zero-order valence-electron chi connectivity index (χ0n) is 30.9. The summed E-state index contributed by atoms with van der Waals surface area (Å²) in [5, 5.41) is 19.2. The Morgan fingerprint density at radius 1 is 0.421 bits per heavy atom. The van der Waals surface area contributed by atoms with Crippen LogP contribution in [-0.2, 0) is 0 Å². The molecular formula is C51H37N5O. The number of nitrogens with one attached hydrogen (secondary N) is 3. The SMILES string of the molecule is c1ccc(-c2cccc3oc4cccc(C5NC(c6ccccc6)NC(n6c7ccccc7c7ccc8c9ccccc9n(-c9ccccc9)c8c76)N5)c4c23)cc1. The van der Waals surface area contributed by atoms with Crippen LogP contribution in [0.5, 0.6) is 0 Å². The molecule has 3 aromatic heterocycles. The number of fused-ring (bicyclic) bond motifs is 10. The molecule has 3 N–H and O–H groups in total. The number of hydrogen-bond acceptors (Lipinski definition) is 4. The van der Waals surface area contributed by atoms with E-state index in [4.69, 9.17) is 4.42 Å².